The highest BCUT2D eigenvalue weighted by atomic mass is 35.5. The SMILES string of the molecule is O=S1C(Cl)=C[C@@H]2[C@H]1[C@@H]1C=C[C@@]2(Cl)S1=O. The lowest BCUT2D eigenvalue weighted by Crippen LogP contribution is -2.31. The summed E-state index contributed by atoms with van der Waals surface area (Å²) in [6.45, 7) is 0. The van der Waals surface area contributed by atoms with Crippen molar-refractivity contribution >= 4 is 44.8 Å². The molecule has 0 amide bonds. The Morgan fingerprint density at radius 2 is 2.14 bits per heavy atom. The maximum atomic E-state index is 11.9. The second kappa shape index (κ2) is 2.73. The normalized spacial score (nSPS) is 59.0. The molecule has 1 fully saturated rings. The van der Waals surface area contributed by atoms with Crippen molar-refractivity contribution in [3.05, 3.63) is 22.6 Å². The fraction of sp³-hybridized carbons (Fsp3) is 0.500. The topological polar surface area (TPSA) is 34.1 Å². The predicted molar refractivity (Wildman–Crippen MR) is 59.0 cm³/mol. The molecule has 6 heteroatoms. The predicted octanol–water partition coefficient (Wildman–Crippen LogP) is 1.45. The molecule has 3 rings (SSSR count). The first-order valence-corrected chi connectivity index (χ1v) is 7.31. The highest BCUT2D eigenvalue weighted by Crippen LogP contribution is 2.55. The summed E-state index contributed by atoms with van der Waals surface area (Å²) >= 11 is 12.1. The van der Waals surface area contributed by atoms with E-state index in [1.165, 1.54) is 0 Å². The molecule has 0 aromatic carbocycles. The Labute approximate surface area is 96.3 Å². The zero-order valence-electron chi connectivity index (χ0n) is 6.85. The van der Waals surface area contributed by atoms with E-state index in [-0.39, 0.29) is 16.4 Å². The number of alkyl halides is 1. The second-order valence-corrected chi connectivity index (χ2v) is 8.45. The molecule has 6 atom stereocenters. The van der Waals surface area contributed by atoms with Gasteiger partial charge in [0.1, 0.15) is 8.57 Å². The number of hydrogen-bond acceptors (Lipinski definition) is 2. The second-order valence-electron chi connectivity index (χ2n) is 3.58. The molecule has 1 saturated heterocycles. The highest BCUT2D eigenvalue weighted by molar-refractivity contribution is 7.95. The van der Waals surface area contributed by atoms with Crippen LogP contribution in [0.5, 0.6) is 0 Å². The van der Waals surface area contributed by atoms with Crippen LogP contribution < -0.4 is 0 Å². The minimum absolute atomic E-state index is 0.131. The van der Waals surface area contributed by atoms with Gasteiger partial charge in [-0.2, -0.15) is 0 Å². The summed E-state index contributed by atoms with van der Waals surface area (Å²) < 4.78 is 23.1. The average molecular weight is 269 g/mol. The molecule has 0 saturated carbocycles. The summed E-state index contributed by atoms with van der Waals surface area (Å²) in [6.07, 6.45) is 5.28. The van der Waals surface area contributed by atoms with Crippen LogP contribution in [0.15, 0.2) is 22.6 Å². The molecule has 0 radical (unpaired) electrons. The third kappa shape index (κ3) is 0.889. The van der Waals surface area contributed by atoms with Crippen molar-refractivity contribution in [2.45, 2.75) is 14.7 Å². The maximum Gasteiger partial charge on any atom is 0.145 e. The van der Waals surface area contributed by atoms with Crippen molar-refractivity contribution in [3.8, 4) is 0 Å². The van der Waals surface area contributed by atoms with E-state index >= 15 is 0 Å². The van der Waals surface area contributed by atoms with E-state index in [9.17, 15) is 8.42 Å². The van der Waals surface area contributed by atoms with Crippen LogP contribution in [0.1, 0.15) is 0 Å². The lowest BCUT2D eigenvalue weighted by molar-refractivity contribution is 0.609. The first-order chi connectivity index (χ1) is 6.55. The molecule has 3 aliphatic rings. The molecular weight excluding hydrogens is 263 g/mol. The van der Waals surface area contributed by atoms with Gasteiger partial charge in [0.2, 0.25) is 0 Å². The van der Waals surface area contributed by atoms with Crippen molar-refractivity contribution in [2.24, 2.45) is 5.92 Å². The van der Waals surface area contributed by atoms with Gasteiger partial charge in [0.25, 0.3) is 0 Å². The van der Waals surface area contributed by atoms with Gasteiger partial charge in [-0.3, -0.25) is 8.42 Å². The number of hydrogen-bond donors (Lipinski definition) is 0. The molecule has 2 bridgehead atoms. The Morgan fingerprint density at radius 1 is 1.43 bits per heavy atom. The number of fused-ring (bicyclic) bond motifs is 5. The van der Waals surface area contributed by atoms with Gasteiger partial charge >= 0.3 is 0 Å². The van der Waals surface area contributed by atoms with Crippen LogP contribution in [-0.4, -0.2) is 23.1 Å². The summed E-state index contributed by atoms with van der Waals surface area (Å²) in [6, 6.07) is 0. The van der Waals surface area contributed by atoms with Crippen molar-refractivity contribution in [3.63, 3.8) is 0 Å². The largest absolute Gasteiger partial charge is 0.257 e. The molecule has 0 N–H and O–H groups in total. The molecule has 0 aliphatic carbocycles. The highest BCUT2D eigenvalue weighted by Gasteiger charge is 2.63. The van der Waals surface area contributed by atoms with Crippen molar-refractivity contribution in [1.82, 2.24) is 0 Å². The van der Waals surface area contributed by atoms with Gasteiger partial charge in [0.05, 0.1) is 32.1 Å². The van der Waals surface area contributed by atoms with Gasteiger partial charge in [-0.1, -0.05) is 35.4 Å². The number of allylic oxidation sites excluding steroid dienone is 1. The molecule has 3 aliphatic heterocycles. The average Bonchev–Trinajstić information content (AvgIpc) is 2.65. The van der Waals surface area contributed by atoms with Gasteiger partial charge in [0.15, 0.2) is 0 Å². The van der Waals surface area contributed by atoms with Crippen molar-refractivity contribution < 1.29 is 8.42 Å². The molecular formula is C8H6Cl2O2S2. The quantitative estimate of drug-likeness (QED) is 0.492. The summed E-state index contributed by atoms with van der Waals surface area (Å²) in [5.74, 6) is -0.131. The van der Waals surface area contributed by atoms with Gasteiger partial charge in [-0.05, 0) is 6.08 Å². The van der Waals surface area contributed by atoms with E-state index in [0.717, 1.165) is 0 Å². The minimum atomic E-state index is -1.22. The van der Waals surface area contributed by atoms with Gasteiger partial charge < -0.3 is 0 Å². The monoisotopic (exact) mass is 268 g/mol. The maximum absolute atomic E-state index is 11.9. The smallest absolute Gasteiger partial charge is 0.145 e. The van der Waals surface area contributed by atoms with E-state index in [4.69, 9.17) is 23.2 Å². The molecule has 3 heterocycles. The van der Waals surface area contributed by atoms with Crippen molar-refractivity contribution in [2.75, 3.05) is 0 Å². The third-order valence-corrected chi connectivity index (χ3v) is 8.11. The third-order valence-electron chi connectivity index (χ3n) is 2.95. The van der Waals surface area contributed by atoms with E-state index in [1.54, 1.807) is 12.2 Å². The van der Waals surface area contributed by atoms with Gasteiger partial charge in [0, 0.05) is 5.92 Å². The van der Waals surface area contributed by atoms with Crippen LogP contribution in [-0.2, 0) is 21.6 Å². The van der Waals surface area contributed by atoms with E-state index in [2.05, 4.69) is 0 Å². The summed E-state index contributed by atoms with van der Waals surface area (Å²) in [5.41, 5.74) is 0. The number of rotatable bonds is 0. The molecule has 0 spiro atoms. The van der Waals surface area contributed by atoms with Crippen molar-refractivity contribution in [1.29, 1.82) is 0 Å². The summed E-state index contributed by atoms with van der Waals surface area (Å²) in [5, 5.41) is -0.364. The van der Waals surface area contributed by atoms with E-state index in [0.29, 0.717) is 4.36 Å². The van der Waals surface area contributed by atoms with Gasteiger partial charge in [-0.25, -0.2) is 0 Å². The summed E-state index contributed by atoms with van der Waals surface area (Å²) in [7, 11) is -2.37. The zero-order chi connectivity index (χ0) is 10.1. The Hall–Kier alpha value is 0.360. The van der Waals surface area contributed by atoms with Crippen LogP contribution in [0.4, 0.5) is 0 Å². The van der Waals surface area contributed by atoms with E-state index in [1.807, 2.05) is 6.08 Å². The zero-order valence-corrected chi connectivity index (χ0v) is 10.00. The lowest BCUT2D eigenvalue weighted by atomic mass is 9.94. The minimum Gasteiger partial charge on any atom is -0.257 e. The molecule has 0 aromatic heterocycles. The lowest BCUT2D eigenvalue weighted by Gasteiger charge is -2.21. The van der Waals surface area contributed by atoms with E-state index < -0.39 is 25.8 Å². The molecule has 76 valence electrons. The fourth-order valence-electron chi connectivity index (χ4n) is 2.28. The van der Waals surface area contributed by atoms with Crippen LogP contribution in [0, 0.1) is 5.92 Å². The standard InChI is InChI=1S/C8H6Cl2O2S2/c9-6-3-4-7(13(6)11)5-1-2-8(4,10)14(5)12/h1-5,7H/t4-,5+,7+,8-,13?,14?/m1/s1. The first kappa shape index (κ1) is 9.58. The van der Waals surface area contributed by atoms with Crippen LogP contribution >= 0.6 is 23.2 Å². The Morgan fingerprint density at radius 3 is 2.79 bits per heavy atom. The Balaban J connectivity index is 2.18. The summed E-state index contributed by atoms with van der Waals surface area (Å²) in [4.78, 5) is 0. The fourth-order valence-corrected chi connectivity index (χ4v) is 7.25. The molecule has 0 aromatic rings. The molecule has 14 heavy (non-hydrogen) atoms. The first-order valence-electron chi connectivity index (χ1n) is 4.12. The molecule has 2 unspecified atom stereocenters. The Kier molecular flexibility index (Phi) is 1.87. The molecule has 2 nitrogen and oxygen atoms in total. The van der Waals surface area contributed by atoms with Crippen LogP contribution in [0.2, 0.25) is 0 Å². The Bertz CT molecular complexity index is 431. The van der Waals surface area contributed by atoms with Crippen LogP contribution in [0.3, 0.4) is 0 Å². The van der Waals surface area contributed by atoms with Gasteiger partial charge in [-0.15, -0.1) is 0 Å². The number of halogens is 2. The van der Waals surface area contributed by atoms with Crippen LogP contribution in [0.25, 0.3) is 0 Å².